The predicted octanol–water partition coefficient (Wildman–Crippen LogP) is 2.56. The Morgan fingerprint density at radius 2 is 2.11 bits per heavy atom. The molecule has 0 fully saturated rings. The fraction of sp³-hybridized carbons (Fsp3) is 0.455. The predicted molar refractivity (Wildman–Crippen MR) is 66.0 cm³/mol. The minimum absolute atomic E-state index is 0.0370. The summed E-state index contributed by atoms with van der Waals surface area (Å²) in [6.07, 6.45) is 0.308. The number of halogens is 2. The standard InChI is InChI=1S/C11H14ClFO4S/c1-8(5-6-16-2)17-10-4-3-9(13)7-11(10)18(12,14)15/h3-4,7-8H,5-6H2,1-2H3. The third-order valence-corrected chi connectivity index (χ3v) is 3.57. The monoisotopic (exact) mass is 296 g/mol. The number of benzene rings is 1. The van der Waals surface area contributed by atoms with E-state index in [1.165, 1.54) is 6.07 Å². The van der Waals surface area contributed by atoms with Crippen LogP contribution in [0, 0.1) is 5.82 Å². The van der Waals surface area contributed by atoms with Crippen molar-refractivity contribution in [2.75, 3.05) is 13.7 Å². The van der Waals surface area contributed by atoms with Crippen LogP contribution in [0.3, 0.4) is 0 Å². The van der Waals surface area contributed by atoms with Crippen molar-refractivity contribution < 1.29 is 22.3 Å². The zero-order chi connectivity index (χ0) is 13.8. The van der Waals surface area contributed by atoms with E-state index in [-0.39, 0.29) is 16.7 Å². The highest BCUT2D eigenvalue weighted by Gasteiger charge is 2.19. The van der Waals surface area contributed by atoms with Crippen LogP contribution in [0.4, 0.5) is 4.39 Å². The SMILES string of the molecule is COCCC(C)Oc1ccc(F)cc1S(=O)(=O)Cl. The maximum Gasteiger partial charge on any atom is 0.265 e. The first-order valence-corrected chi connectivity index (χ1v) is 7.55. The van der Waals surface area contributed by atoms with Gasteiger partial charge in [0.15, 0.2) is 0 Å². The van der Waals surface area contributed by atoms with Crippen molar-refractivity contribution in [3.63, 3.8) is 0 Å². The van der Waals surface area contributed by atoms with Crippen molar-refractivity contribution in [1.82, 2.24) is 0 Å². The molecule has 0 spiro atoms. The number of rotatable bonds is 6. The van der Waals surface area contributed by atoms with Gasteiger partial charge in [0.05, 0.1) is 6.10 Å². The van der Waals surface area contributed by atoms with Crippen LogP contribution >= 0.6 is 10.7 Å². The van der Waals surface area contributed by atoms with Crippen LogP contribution in [-0.2, 0) is 13.8 Å². The van der Waals surface area contributed by atoms with Crippen LogP contribution < -0.4 is 4.74 Å². The van der Waals surface area contributed by atoms with Gasteiger partial charge < -0.3 is 9.47 Å². The van der Waals surface area contributed by atoms with Gasteiger partial charge in [-0.1, -0.05) is 0 Å². The number of ether oxygens (including phenoxy) is 2. The lowest BCUT2D eigenvalue weighted by Crippen LogP contribution is -2.15. The zero-order valence-electron chi connectivity index (χ0n) is 10.0. The lowest BCUT2D eigenvalue weighted by atomic mass is 10.3. The number of hydrogen-bond donors (Lipinski definition) is 0. The molecule has 4 nitrogen and oxygen atoms in total. The fourth-order valence-corrected chi connectivity index (χ4v) is 2.30. The lowest BCUT2D eigenvalue weighted by Gasteiger charge is -2.16. The quantitative estimate of drug-likeness (QED) is 0.757. The van der Waals surface area contributed by atoms with E-state index in [2.05, 4.69) is 0 Å². The highest BCUT2D eigenvalue weighted by molar-refractivity contribution is 8.13. The molecular weight excluding hydrogens is 283 g/mol. The second-order valence-corrected chi connectivity index (χ2v) is 6.27. The van der Waals surface area contributed by atoms with Crippen LogP contribution in [-0.4, -0.2) is 28.2 Å². The third kappa shape index (κ3) is 4.44. The van der Waals surface area contributed by atoms with Gasteiger partial charge in [0, 0.05) is 30.8 Å². The Kier molecular flexibility index (Phi) is 5.37. The first-order valence-electron chi connectivity index (χ1n) is 5.24. The molecule has 7 heteroatoms. The molecule has 0 N–H and O–H groups in total. The Balaban J connectivity index is 2.95. The smallest absolute Gasteiger partial charge is 0.265 e. The minimum Gasteiger partial charge on any atom is -0.489 e. The van der Waals surface area contributed by atoms with Gasteiger partial charge in [0.25, 0.3) is 9.05 Å². The minimum atomic E-state index is -4.05. The van der Waals surface area contributed by atoms with Gasteiger partial charge in [0.1, 0.15) is 16.5 Å². The molecule has 0 amide bonds. The van der Waals surface area contributed by atoms with E-state index in [0.717, 1.165) is 12.1 Å². The van der Waals surface area contributed by atoms with Gasteiger partial charge in [-0.25, -0.2) is 12.8 Å². The van der Waals surface area contributed by atoms with Crippen molar-refractivity contribution >= 4 is 19.7 Å². The van der Waals surface area contributed by atoms with Crippen LogP contribution in [0.2, 0.25) is 0 Å². The highest BCUT2D eigenvalue weighted by atomic mass is 35.7. The molecule has 102 valence electrons. The number of hydrogen-bond acceptors (Lipinski definition) is 4. The summed E-state index contributed by atoms with van der Waals surface area (Å²) < 4.78 is 45.9. The fourth-order valence-electron chi connectivity index (χ4n) is 1.33. The van der Waals surface area contributed by atoms with Crippen LogP contribution in [0.5, 0.6) is 5.75 Å². The van der Waals surface area contributed by atoms with E-state index in [4.69, 9.17) is 20.2 Å². The van der Waals surface area contributed by atoms with E-state index in [1.807, 2.05) is 0 Å². The average Bonchev–Trinajstić information content (AvgIpc) is 2.27. The molecule has 1 aromatic carbocycles. The summed E-state index contributed by atoms with van der Waals surface area (Å²) >= 11 is 0. The van der Waals surface area contributed by atoms with Crippen LogP contribution in [0.15, 0.2) is 23.1 Å². The Morgan fingerprint density at radius 3 is 2.67 bits per heavy atom. The van der Waals surface area contributed by atoms with Crippen molar-refractivity contribution in [1.29, 1.82) is 0 Å². The molecule has 0 aliphatic rings. The van der Waals surface area contributed by atoms with E-state index in [0.29, 0.717) is 13.0 Å². The molecule has 1 atom stereocenters. The average molecular weight is 297 g/mol. The van der Waals surface area contributed by atoms with E-state index in [1.54, 1.807) is 14.0 Å². The normalized spacial score (nSPS) is 13.3. The van der Waals surface area contributed by atoms with Crippen molar-refractivity contribution in [2.24, 2.45) is 0 Å². The molecule has 0 aromatic heterocycles. The molecule has 0 aliphatic carbocycles. The summed E-state index contributed by atoms with van der Waals surface area (Å²) in [6.45, 7) is 2.23. The van der Waals surface area contributed by atoms with Crippen LogP contribution in [0.1, 0.15) is 13.3 Å². The molecule has 0 saturated carbocycles. The summed E-state index contributed by atoms with van der Waals surface area (Å²) in [5.74, 6) is -0.652. The molecule has 1 unspecified atom stereocenters. The van der Waals surface area contributed by atoms with Gasteiger partial charge in [-0.15, -0.1) is 0 Å². The second-order valence-electron chi connectivity index (χ2n) is 3.74. The summed E-state index contributed by atoms with van der Waals surface area (Å²) in [5.41, 5.74) is 0. The molecule has 0 saturated heterocycles. The summed E-state index contributed by atoms with van der Waals surface area (Å²) in [7, 11) is 2.73. The van der Waals surface area contributed by atoms with Crippen molar-refractivity contribution in [3.05, 3.63) is 24.0 Å². The summed E-state index contributed by atoms with van der Waals surface area (Å²) in [6, 6.07) is 3.19. The van der Waals surface area contributed by atoms with Crippen molar-refractivity contribution in [2.45, 2.75) is 24.3 Å². The van der Waals surface area contributed by atoms with Gasteiger partial charge in [-0.3, -0.25) is 0 Å². The second kappa shape index (κ2) is 6.36. The highest BCUT2D eigenvalue weighted by Crippen LogP contribution is 2.28. The summed E-state index contributed by atoms with van der Waals surface area (Å²) in [5, 5.41) is 0. The Labute approximate surface area is 110 Å². The summed E-state index contributed by atoms with van der Waals surface area (Å²) in [4.78, 5) is -0.367. The third-order valence-electron chi connectivity index (χ3n) is 2.23. The van der Waals surface area contributed by atoms with Gasteiger partial charge in [-0.2, -0.15) is 0 Å². The maximum absolute atomic E-state index is 13.0. The van der Waals surface area contributed by atoms with E-state index in [9.17, 15) is 12.8 Å². The van der Waals surface area contributed by atoms with Gasteiger partial charge >= 0.3 is 0 Å². The largest absolute Gasteiger partial charge is 0.489 e. The molecule has 0 heterocycles. The first-order chi connectivity index (χ1) is 8.34. The van der Waals surface area contributed by atoms with Gasteiger partial charge in [0.2, 0.25) is 0 Å². The molecule has 0 bridgehead atoms. The Bertz CT molecular complexity index is 504. The van der Waals surface area contributed by atoms with Crippen molar-refractivity contribution in [3.8, 4) is 5.75 Å². The van der Waals surface area contributed by atoms with E-state index >= 15 is 0 Å². The van der Waals surface area contributed by atoms with Crippen LogP contribution in [0.25, 0.3) is 0 Å². The number of methoxy groups -OCH3 is 1. The molecule has 1 rings (SSSR count). The Morgan fingerprint density at radius 1 is 1.44 bits per heavy atom. The lowest BCUT2D eigenvalue weighted by molar-refractivity contribution is 0.133. The van der Waals surface area contributed by atoms with E-state index < -0.39 is 14.9 Å². The molecular formula is C11H14ClFO4S. The first kappa shape index (κ1) is 15.2. The topological polar surface area (TPSA) is 52.6 Å². The molecule has 0 aliphatic heterocycles. The molecule has 18 heavy (non-hydrogen) atoms. The van der Waals surface area contributed by atoms with Gasteiger partial charge in [-0.05, 0) is 25.1 Å². The zero-order valence-corrected chi connectivity index (χ0v) is 11.6. The molecule has 1 aromatic rings. The Hall–Kier alpha value is -0.850. The molecule has 0 radical (unpaired) electrons. The maximum atomic E-state index is 13.0.